The van der Waals surface area contributed by atoms with E-state index in [1.165, 1.54) is 0 Å². The minimum Gasteiger partial charge on any atom is -0.245 e. The van der Waals surface area contributed by atoms with Gasteiger partial charge in [-0.25, -0.2) is 30.9 Å². The lowest BCUT2D eigenvalue weighted by molar-refractivity contribution is 0.173. The Balaban J connectivity index is 2.43. The molecule has 0 aromatic heterocycles. The highest BCUT2D eigenvalue weighted by molar-refractivity contribution is 5.92. The molecule has 0 bridgehead atoms. The third-order valence-corrected chi connectivity index (χ3v) is 1.83. The van der Waals surface area contributed by atoms with E-state index in [-0.39, 0.29) is 12.0 Å². The van der Waals surface area contributed by atoms with E-state index in [0.717, 1.165) is 5.01 Å². The zero-order chi connectivity index (χ0) is 13.8. The molecule has 0 saturated heterocycles. The molecular formula is C10H18N6O2. The van der Waals surface area contributed by atoms with Gasteiger partial charge >= 0.3 is 12.1 Å². The molecule has 0 unspecified atom stereocenters. The van der Waals surface area contributed by atoms with Crippen molar-refractivity contribution in [1.29, 1.82) is 0 Å². The molecule has 1 aliphatic rings. The lowest BCUT2D eigenvalue weighted by Crippen LogP contribution is -2.56. The Morgan fingerprint density at radius 1 is 1.56 bits per heavy atom. The van der Waals surface area contributed by atoms with Crippen molar-refractivity contribution in [2.45, 2.75) is 27.7 Å². The lowest BCUT2D eigenvalue weighted by Gasteiger charge is -2.25. The minimum absolute atomic E-state index is 0.126. The fraction of sp³-hybridized carbons (Fsp3) is 0.600. The summed E-state index contributed by atoms with van der Waals surface area (Å²) < 4.78 is 0. The normalized spacial score (nSPS) is 16.3. The molecular weight excluding hydrogens is 236 g/mol. The van der Waals surface area contributed by atoms with E-state index < -0.39 is 12.1 Å². The number of nitrogens with one attached hydrogen (secondary N) is 3. The maximum Gasteiger partial charge on any atom is 0.356 e. The first-order valence-corrected chi connectivity index (χ1v) is 5.49. The van der Waals surface area contributed by atoms with E-state index in [1.54, 1.807) is 13.1 Å². The Morgan fingerprint density at radius 3 is 2.83 bits per heavy atom. The van der Waals surface area contributed by atoms with Crippen LogP contribution in [0.2, 0.25) is 0 Å². The number of hydrazone groups is 2. The molecule has 1 heterocycles. The van der Waals surface area contributed by atoms with Gasteiger partial charge in [-0.1, -0.05) is 20.8 Å². The molecule has 1 aliphatic heterocycles. The summed E-state index contributed by atoms with van der Waals surface area (Å²) >= 11 is 0. The van der Waals surface area contributed by atoms with Crippen LogP contribution in [0.3, 0.4) is 0 Å². The molecule has 0 radical (unpaired) electrons. The summed E-state index contributed by atoms with van der Waals surface area (Å²) in [7, 11) is 0. The Bertz CT molecular complexity index is 396. The summed E-state index contributed by atoms with van der Waals surface area (Å²) in [6.45, 7) is 7.84. The molecule has 0 atom stereocenters. The summed E-state index contributed by atoms with van der Waals surface area (Å²) in [6, 6.07) is -1.07. The summed E-state index contributed by atoms with van der Waals surface area (Å²) in [4.78, 5) is 22.8. The quantitative estimate of drug-likeness (QED) is 0.497. The van der Waals surface area contributed by atoms with Crippen LogP contribution in [0.5, 0.6) is 0 Å². The fourth-order valence-electron chi connectivity index (χ4n) is 1.06. The standard InChI is InChI=1S/C10H18N6O2/c1-7-5-16(9(18)14-12-7)15-8(17)13-11-6-10(2,3)4/h6H,5H2,1-4H3,(H,14,18)(H2,13,15,17)/b11-6+. The number of urea groups is 2. The largest absolute Gasteiger partial charge is 0.356 e. The molecule has 0 fully saturated rings. The maximum atomic E-state index is 11.5. The van der Waals surface area contributed by atoms with Crippen molar-refractivity contribution in [2.75, 3.05) is 6.54 Å². The number of carbonyl (C=O) groups excluding carboxylic acids is 2. The lowest BCUT2D eigenvalue weighted by atomic mass is 9.99. The van der Waals surface area contributed by atoms with Crippen LogP contribution in [0.4, 0.5) is 9.59 Å². The summed E-state index contributed by atoms with van der Waals surface area (Å²) in [5.41, 5.74) is 7.47. The average Bonchev–Trinajstić information content (AvgIpc) is 2.21. The first-order chi connectivity index (χ1) is 8.28. The van der Waals surface area contributed by atoms with Crippen LogP contribution in [-0.4, -0.2) is 35.5 Å². The van der Waals surface area contributed by atoms with Crippen LogP contribution < -0.4 is 16.3 Å². The van der Waals surface area contributed by atoms with Crippen molar-refractivity contribution in [2.24, 2.45) is 15.6 Å². The number of hydrazine groups is 1. The van der Waals surface area contributed by atoms with Gasteiger partial charge in [-0.3, -0.25) is 0 Å². The van der Waals surface area contributed by atoms with E-state index >= 15 is 0 Å². The van der Waals surface area contributed by atoms with Gasteiger partial charge in [0.15, 0.2) is 0 Å². The molecule has 18 heavy (non-hydrogen) atoms. The maximum absolute atomic E-state index is 11.5. The summed E-state index contributed by atoms with van der Waals surface area (Å²) in [5.74, 6) is 0. The fourth-order valence-corrected chi connectivity index (χ4v) is 1.06. The Hall–Kier alpha value is -2.12. The molecule has 100 valence electrons. The highest BCUT2D eigenvalue weighted by Gasteiger charge is 2.20. The zero-order valence-corrected chi connectivity index (χ0v) is 10.9. The molecule has 0 spiro atoms. The van der Waals surface area contributed by atoms with Gasteiger partial charge < -0.3 is 0 Å². The first-order valence-electron chi connectivity index (χ1n) is 5.49. The summed E-state index contributed by atoms with van der Waals surface area (Å²) in [6.07, 6.45) is 1.61. The van der Waals surface area contributed by atoms with Gasteiger partial charge in [0, 0.05) is 6.21 Å². The van der Waals surface area contributed by atoms with E-state index in [4.69, 9.17) is 0 Å². The second kappa shape index (κ2) is 5.48. The minimum atomic E-state index is -0.583. The highest BCUT2D eigenvalue weighted by Crippen LogP contribution is 2.07. The molecule has 0 aliphatic carbocycles. The third-order valence-electron chi connectivity index (χ3n) is 1.83. The van der Waals surface area contributed by atoms with Crippen molar-refractivity contribution in [3.05, 3.63) is 0 Å². The number of hydrogen-bond acceptors (Lipinski definition) is 4. The number of amides is 4. The van der Waals surface area contributed by atoms with E-state index in [9.17, 15) is 9.59 Å². The van der Waals surface area contributed by atoms with Crippen LogP contribution in [0.15, 0.2) is 10.2 Å². The van der Waals surface area contributed by atoms with Gasteiger partial charge in [-0.15, -0.1) is 0 Å². The van der Waals surface area contributed by atoms with E-state index in [2.05, 4.69) is 26.5 Å². The molecule has 3 N–H and O–H groups in total. The molecule has 1 rings (SSSR count). The van der Waals surface area contributed by atoms with Crippen LogP contribution >= 0.6 is 0 Å². The van der Waals surface area contributed by atoms with Crippen molar-refractivity contribution in [1.82, 2.24) is 21.3 Å². The van der Waals surface area contributed by atoms with Gasteiger partial charge in [0.2, 0.25) is 0 Å². The van der Waals surface area contributed by atoms with Crippen molar-refractivity contribution in [3.8, 4) is 0 Å². The molecule has 8 heteroatoms. The second-order valence-corrected chi connectivity index (χ2v) is 5.03. The third kappa shape index (κ3) is 4.81. The Labute approximate surface area is 105 Å². The predicted octanol–water partition coefficient (Wildman–Crippen LogP) is 0.634. The van der Waals surface area contributed by atoms with Crippen molar-refractivity contribution >= 4 is 24.0 Å². The molecule has 8 nitrogen and oxygen atoms in total. The smallest absolute Gasteiger partial charge is 0.245 e. The Kier molecular flexibility index (Phi) is 4.24. The number of nitrogens with zero attached hydrogens (tertiary/aromatic N) is 3. The van der Waals surface area contributed by atoms with Crippen LogP contribution in [0.1, 0.15) is 27.7 Å². The van der Waals surface area contributed by atoms with Crippen LogP contribution in [0, 0.1) is 5.41 Å². The molecule has 0 aromatic rings. The van der Waals surface area contributed by atoms with Crippen molar-refractivity contribution < 1.29 is 9.59 Å². The van der Waals surface area contributed by atoms with Crippen LogP contribution in [0.25, 0.3) is 0 Å². The van der Waals surface area contributed by atoms with E-state index in [0.29, 0.717) is 5.71 Å². The van der Waals surface area contributed by atoms with Crippen molar-refractivity contribution in [3.63, 3.8) is 0 Å². The molecule has 4 amide bonds. The topological polar surface area (TPSA) is 98.2 Å². The number of rotatable bonds is 2. The van der Waals surface area contributed by atoms with Gasteiger partial charge in [-0.05, 0) is 12.3 Å². The first kappa shape index (κ1) is 13.9. The Morgan fingerprint density at radius 2 is 2.22 bits per heavy atom. The zero-order valence-electron chi connectivity index (χ0n) is 10.9. The van der Waals surface area contributed by atoms with Gasteiger partial charge in [0.25, 0.3) is 0 Å². The predicted molar refractivity (Wildman–Crippen MR) is 68.0 cm³/mol. The average molecular weight is 254 g/mol. The number of carbonyl (C=O) groups is 2. The SMILES string of the molecule is CC1=NNC(=O)N(NC(=O)N/N=C/C(C)(C)C)C1. The van der Waals surface area contributed by atoms with Gasteiger partial charge in [-0.2, -0.15) is 10.2 Å². The second-order valence-electron chi connectivity index (χ2n) is 5.03. The summed E-state index contributed by atoms with van der Waals surface area (Å²) in [5, 5.41) is 8.63. The van der Waals surface area contributed by atoms with Gasteiger partial charge in [0.1, 0.15) is 0 Å². The molecule has 0 aromatic carbocycles. The van der Waals surface area contributed by atoms with Crippen LogP contribution in [-0.2, 0) is 0 Å². The van der Waals surface area contributed by atoms with E-state index in [1.807, 2.05) is 20.8 Å². The highest BCUT2D eigenvalue weighted by atomic mass is 16.2. The monoisotopic (exact) mass is 254 g/mol. The van der Waals surface area contributed by atoms with Gasteiger partial charge in [0.05, 0.1) is 12.3 Å². The molecule has 0 saturated carbocycles. The number of hydrogen-bond donors (Lipinski definition) is 3.